The maximum Gasteiger partial charge on any atom is 0.338 e. The van der Waals surface area contributed by atoms with E-state index in [0.29, 0.717) is 5.96 Å². The molecule has 0 heterocycles. The van der Waals surface area contributed by atoms with Gasteiger partial charge < -0.3 is 4.55 Å². The Balaban J connectivity index is 0.000000362. The second kappa shape index (κ2) is 8.49. The van der Waals surface area contributed by atoms with Gasteiger partial charge in [0, 0.05) is 0 Å². The van der Waals surface area contributed by atoms with E-state index in [9.17, 15) is 13.0 Å². The Bertz CT molecular complexity index is 491. The topological polar surface area (TPSA) is 123 Å². The highest BCUT2D eigenvalue weighted by atomic mass is 32.2. The minimum absolute atomic E-state index is 0.178. The van der Waals surface area contributed by atoms with Crippen LogP contribution in [0.15, 0.2) is 29.2 Å². The molecular formula is C12H21N3O3S. The third-order valence-electron chi connectivity index (χ3n) is 2.17. The summed E-state index contributed by atoms with van der Waals surface area (Å²) < 4.78 is 31.2. The van der Waals surface area contributed by atoms with Gasteiger partial charge in [0.1, 0.15) is 10.1 Å². The van der Waals surface area contributed by atoms with Gasteiger partial charge in [-0.2, -0.15) is 0 Å². The molecule has 19 heavy (non-hydrogen) atoms. The molecule has 5 N–H and O–H groups in total. The zero-order chi connectivity index (χ0) is 14.9. The Hall–Kier alpha value is -1.60. The molecule has 0 bridgehead atoms. The number of nitrogens with one attached hydrogen (secondary N) is 1. The summed E-state index contributed by atoms with van der Waals surface area (Å²) in [6, 6.07) is 5.78. The molecule has 1 aromatic carbocycles. The van der Waals surface area contributed by atoms with Gasteiger partial charge in [-0.15, -0.1) is 0 Å². The highest BCUT2D eigenvalue weighted by Crippen LogP contribution is 2.08. The number of guanidine groups is 1. The smallest absolute Gasteiger partial charge is 0.338 e. The molecule has 0 atom stereocenters. The van der Waals surface area contributed by atoms with Crippen molar-refractivity contribution in [2.24, 2.45) is 11.5 Å². The number of nitrogens with two attached hydrogens (primary N) is 2. The molecule has 7 heteroatoms. The van der Waals surface area contributed by atoms with E-state index in [0.717, 1.165) is 18.5 Å². The van der Waals surface area contributed by atoms with Crippen LogP contribution in [0.1, 0.15) is 25.3 Å². The first-order chi connectivity index (χ1) is 8.77. The third kappa shape index (κ3) is 9.04. The number of rotatable bonds is 4. The molecule has 0 aliphatic heterocycles. The van der Waals surface area contributed by atoms with Crippen molar-refractivity contribution in [1.29, 1.82) is 0 Å². The van der Waals surface area contributed by atoms with Crippen molar-refractivity contribution in [2.75, 3.05) is 6.54 Å². The van der Waals surface area contributed by atoms with Crippen LogP contribution in [0.25, 0.3) is 0 Å². The lowest BCUT2D eigenvalue weighted by Crippen LogP contribution is -2.78. The van der Waals surface area contributed by atoms with Crippen molar-refractivity contribution in [1.82, 2.24) is 0 Å². The van der Waals surface area contributed by atoms with Crippen LogP contribution in [0.2, 0.25) is 0 Å². The normalized spacial score (nSPS) is 10.3. The highest BCUT2D eigenvalue weighted by Gasteiger charge is 1.97. The lowest BCUT2D eigenvalue weighted by Gasteiger charge is -2.05. The number of hydrogen-bond donors (Lipinski definition) is 3. The average molecular weight is 287 g/mol. The molecule has 0 spiro atoms. The van der Waals surface area contributed by atoms with Crippen LogP contribution in [0, 0.1) is 6.92 Å². The van der Waals surface area contributed by atoms with E-state index < -0.39 is 10.1 Å². The Morgan fingerprint density at radius 3 is 2.16 bits per heavy atom. The third-order valence-corrected chi connectivity index (χ3v) is 3.02. The van der Waals surface area contributed by atoms with Crippen molar-refractivity contribution < 1.29 is 18.0 Å². The summed E-state index contributed by atoms with van der Waals surface area (Å²) in [6.45, 7) is 4.83. The molecule has 0 saturated heterocycles. The van der Waals surface area contributed by atoms with Crippen LogP contribution in [-0.4, -0.2) is 25.5 Å². The second-order valence-corrected chi connectivity index (χ2v) is 5.38. The predicted octanol–water partition coefficient (Wildman–Crippen LogP) is -0.960. The van der Waals surface area contributed by atoms with E-state index in [2.05, 4.69) is 11.9 Å². The molecule has 0 radical (unpaired) electrons. The van der Waals surface area contributed by atoms with Crippen molar-refractivity contribution in [3.05, 3.63) is 29.8 Å². The van der Waals surface area contributed by atoms with Gasteiger partial charge in [-0.05, 0) is 25.5 Å². The Kier molecular flexibility index (Phi) is 7.78. The second-order valence-electron chi connectivity index (χ2n) is 4.00. The number of benzene rings is 1. The number of aryl methyl sites for hydroxylation is 1. The molecule has 0 aromatic heterocycles. The number of unbranched alkanes of at least 4 members (excludes halogenated alkanes) is 1. The van der Waals surface area contributed by atoms with Crippen molar-refractivity contribution in [2.45, 2.75) is 31.6 Å². The van der Waals surface area contributed by atoms with Crippen molar-refractivity contribution in [3.63, 3.8) is 0 Å². The van der Waals surface area contributed by atoms with Crippen LogP contribution in [0.3, 0.4) is 0 Å². The Morgan fingerprint density at radius 1 is 1.26 bits per heavy atom. The van der Waals surface area contributed by atoms with Crippen LogP contribution in [-0.2, 0) is 10.1 Å². The quantitative estimate of drug-likeness (QED) is 0.285. The summed E-state index contributed by atoms with van der Waals surface area (Å²) in [5, 5.41) is 0. The maximum absolute atomic E-state index is 10.4. The van der Waals surface area contributed by atoms with Gasteiger partial charge in [-0.3, -0.25) is 16.5 Å². The first kappa shape index (κ1) is 17.4. The molecule has 1 aromatic rings. The summed E-state index contributed by atoms with van der Waals surface area (Å²) in [5.41, 5.74) is 11.2. The van der Waals surface area contributed by atoms with E-state index in [4.69, 9.17) is 11.5 Å². The summed E-state index contributed by atoms with van der Waals surface area (Å²) >= 11 is 0. The standard InChI is InChI=1S/C7H8O3S.C5H13N3/c1-6-2-4-7(5-3-6)11(8,9)10;1-2-3-4-8-5(6)7/h2-5H,1H3,(H,8,9,10);2-4H2,1H3,(H4,6,7,8). The molecule has 0 fully saturated rings. The largest absolute Gasteiger partial charge is 0.744 e. The number of hydrogen-bond acceptors (Lipinski definition) is 3. The molecule has 108 valence electrons. The lowest BCUT2D eigenvalue weighted by molar-refractivity contribution is -0.459. The van der Waals surface area contributed by atoms with E-state index >= 15 is 0 Å². The molecule has 0 saturated carbocycles. The molecule has 6 nitrogen and oxygen atoms in total. The van der Waals surface area contributed by atoms with E-state index in [-0.39, 0.29) is 4.90 Å². The lowest BCUT2D eigenvalue weighted by atomic mass is 10.2. The molecular weight excluding hydrogens is 266 g/mol. The van der Waals surface area contributed by atoms with Crippen LogP contribution in [0.4, 0.5) is 0 Å². The van der Waals surface area contributed by atoms with Gasteiger partial charge in [0.25, 0.3) is 0 Å². The highest BCUT2D eigenvalue weighted by molar-refractivity contribution is 7.85. The van der Waals surface area contributed by atoms with E-state index in [1.807, 2.05) is 6.92 Å². The first-order valence-corrected chi connectivity index (χ1v) is 7.32. The SMILES string of the molecule is CCCC[NH+]=C(N)N.Cc1ccc(S(=O)(=O)[O-])cc1. The van der Waals surface area contributed by atoms with Crippen LogP contribution >= 0.6 is 0 Å². The fourth-order valence-corrected chi connectivity index (χ4v) is 1.58. The Labute approximate surface area is 114 Å². The monoisotopic (exact) mass is 287 g/mol. The van der Waals surface area contributed by atoms with Crippen LogP contribution in [0.5, 0.6) is 0 Å². The summed E-state index contributed by atoms with van der Waals surface area (Å²) in [7, 11) is -4.27. The predicted molar refractivity (Wildman–Crippen MR) is 73.3 cm³/mol. The van der Waals surface area contributed by atoms with E-state index in [1.165, 1.54) is 18.6 Å². The molecule has 0 aliphatic carbocycles. The molecule has 0 aliphatic rings. The molecule has 0 amide bonds. The van der Waals surface area contributed by atoms with Gasteiger partial charge in [-0.1, -0.05) is 31.0 Å². The fourth-order valence-electron chi connectivity index (χ4n) is 1.11. The fraction of sp³-hybridized carbons (Fsp3) is 0.417. The van der Waals surface area contributed by atoms with Crippen molar-refractivity contribution in [3.8, 4) is 0 Å². The minimum Gasteiger partial charge on any atom is -0.744 e. The maximum atomic E-state index is 10.4. The molecule has 1 rings (SSSR count). The zero-order valence-corrected chi connectivity index (χ0v) is 12.0. The van der Waals surface area contributed by atoms with Gasteiger partial charge in [0.2, 0.25) is 0 Å². The summed E-state index contributed by atoms with van der Waals surface area (Å²) in [6.07, 6.45) is 2.29. The Morgan fingerprint density at radius 2 is 1.79 bits per heavy atom. The van der Waals surface area contributed by atoms with Crippen molar-refractivity contribution >= 4 is 16.1 Å². The zero-order valence-electron chi connectivity index (χ0n) is 11.2. The summed E-state index contributed by atoms with van der Waals surface area (Å²) in [4.78, 5) is 2.64. The van der Waals surface area contributed by atoms with Gasteiger partial charge in [0.05, 0.1) is 11.4 Å². The van der Waals surface area contributed by atoms with Gasteiger partial charge >= 0.3 is 5.96 Å². The van der Waals surface area contributed by atoms with Crippen LogP contribution < -0.4 is 16.5 Å². The van der Waals surface area contributed by atoms with Gasteiger partial charge in [0.15, 0.2) is 0 Å². The average Bonchev–Trinajstić information content (AvgIpc) is 2.29. The summed E-state index contributed by atoms with van der Waals surface area (Å²) in [5.74, 6) is 0.318. The minimum atomic E-state index is -4.27. The molecule has 0 unspecified atom stereocenters. The van der Waals surface area contributed by atoms with E-state index in [1.54, 1.807) is 12.1 Å². The first-order valence-electron chi connectivity index (χ1n) is 5.91. The van der Waals surface area contributed by atoms with Gasteiger partial charge in [-0.25, -0.2) is 8.42 Å².